The molecule has 0 amide bonds. The van der Waals surface area contributed by atoms with Gasteiger partial charge >= 0.3 is 0 Å². The van der Waals surface area contributed by atoms with Gasteiger partial charge < -0.3 is 11.5 Å². The van der Waals surface area contributed by atoms with Crippen LogP contribution < -0.4 is 16.6 Å². The third-order valence-electron chi connectivity index (χ3n) is 3.79. The summed E-state index contributed by atoms with van der Waals surface area (Å²) in [5, 5.41) is 18.6. The van der Waals surface area contributed by atoms with Gasteiger partial charge in [0, 0.05) is 18.3 Å². The summed E-state index contributed by atoms with van der Waals surface area (Å²) < 4.78 is 50.1. The molecule has 0 saturated heterocycles. The van der Waals surface area contributed by atoms with Crippen molar-refractivity contribution in [3.8, 4) is 22.5 Å². The van der Waals surface area contributed by atoms with Gasteiger partial charge in [-0.15, -0.1) is 10.2 Å². The van der Waals surface area contributed by atoms with Crippen LogP contribution in [0.5, 0.6) is 0 Å². The summed E-state index contributed by atoms with van der Waals surface area (Å²) in [4.78, 5) is 2.83. The van der Waals surface area contributed by atoms with Crippen molar-refractivity contribution in [2.24, 2.45) is 10.9 Å². The van der Waals surface area contributed by atoms with Gasteiger partial charge in [0.1, 0.15) is 10.7 Å². The van der Waals surface area contributed by atoms with Crippen LogP contribution in [-0.2, 0) is 19.9 Å². The first-order valence-corrected chi connectivity index (χ1v) is 10.9. The van der Waals surface area contributed by atoms with E-state index in [0.717, 1.165) is 6.07 Å². The first-order valence-electron chi connectivity index (χ1n) is 7.73. The Morgan fingerprint density at radius 3 is 2.36 bits per heavy atom. The monoisotopic (exact) mass is 424 g/mol. The van der Waals surface area contributed by atoms with Crippen LogP contribution in [0.2, 0.25) is 0 Å². The van der Waals surface area contributed by atoms with Crippen LogP contribution >= 0.6 is 0 Å². The van der Waals surface area contributed by atoms with E-state index in [-0.39, 0.29) is 29.3 Å². The summed E-state index contributed by atoms with van der Waals surface area (Å²) in [7, 11) is -8.57. The highest BCUT2D eigenvalue weighted by molar-refractivity contribution is 7.93. The molecule has 0 aliphatic carbocycles. The van der Waals surface area contributed by atoms with Crippen molar-refractivity contribution in [2.75, 3.05) is 18.0 Å². The summed E-state index contributed by atoms with van der Waals surface area (Å²) in [5.74, 6) is -0.372. The van der Waals surface area contributed by atoms with Gasteiger partial charge in [-0.3, -0.25) is 0 Å². The average molecular weight is 424 g/mol. The number of sulfonamides is 1. The molecule has 0 fully saturated rings. The quantitative estimate of drug-likeness (QED) is 0.374. The minimum absolute atomic E-state index is 0.124. The minimum Gasteiger partial charge on any atom is -0.384 e. The second-order valence-electron chi connectivity index (χ2n) is 5.68. The van der Waals surface area contributed by atoms with E-state index in [1.807, 2.05) is 0 Å². The molecule has 1 aromatic carbocycles. The number of pyridine rings is 1. The number of nitrogen functional groups attached to an aromatic ring is 1. The largest absolute Gasteiger partial charge is 0.384 e. The smallest absolute Gasteiger partial charge is 0.240 e. The SMILES string of the molecule is NCCS(=O)(=O)c1ccc(-c2ccc(N)nc2)c(-c2nn[nH]n2)c1S(N)(=O)=O. The van der Waals surface area contributed by atoms with Crippen LogP contribution in [0.25, 0.3) is 22.5 Å². The van der Waals surface area contributed by atoms with Crippen molar-refractivity contribution in [3.63, 3.8) is 0 Å². The zero-order valence-electron chi connectivity index (χ0n) is 14.3. The van der Waals surface area contributed by atoms with Crippen LogP contribution in [0.15, 0.2) is 40.3 Å². The summed E-state index contributed by atoms with van der Waals surface area (Å²) in [6.45, 7) is -0.201. The molecule has 14 heteroatoms. The number of H-pyrrole nitrogens is 1. The third kappa shape index (κ3) is 3.70. The Labute approximate surface area is 160 Å². The zero-order valence-corrected chi connectivity index (χ0v) is 15.9. The Morgan fingerprint density at radius 1 is 1.07 bits per heavy atom. The molecule has 0 saturated carbocycles. The number of rotatable bonds is 6. The molecule has 0 aliphatic rings. The van der Waals surface area contributed by atoms with Crippen LogP contribution in [0.1, 0.15) is 0 Å². The molecule has 3 rings (SSSR count). The third-order valence-corrected chi connectivity index (χ3v) is 6.70. The van der Waals surface area contributed by atoms with Gasteiger partial charge in [-0.05, 0) is 29.0 Å². The molecule has 148 valence electrons. The van der Waals surface area contributed by atoms with E-state index in [1.54, 1.807) is 6.07 Å². The van der Waals surface area contributed by atoms with Gasteiger partial charge in [0.05, 0.1) is 16.2 Å². The van der Waals surface area contributed by atoms with Crippen molar-refractivity contribution in [1.29, 1.82) is 0 Å². The Bertz CT molecular complexity index is 1210. The topological polar surface area (TPSA) is 214 Å². The molecule has 12 nitrogen and oxygen atoms in total. The number of benzene rings is 1. The van der Waals surface area contributed by atoms with Gasteiger partial charge in [0.2, 0.25) is 15.8 Å². The zero-order chi connectivity index (χ0) is 20.5. The fourth-order valence-corrected chi connectivity index (χ4v) is 5.40. The molecular formula is C14H16N8O4S2. The van der Waals surface area contributed by atoms with E-state index < -0.39 is 35.4 Å². The normalized spacial score (nSPS) is 12.2. The van der Waals surface area contributed by atoms with Crippen LogP contribution in [0.3, 0.4) is 0 Å². The second-order valence-corrected chi connectivity index (χ2v) is 9.25. The fourth-order valence-electron chi connectivity index (χ4n) is 2.65. The number of nitrogens with one attached hydrogen (secondary N) is 1. The summed E-state index contributed by atoms with van der Waals surface area (Å²) in [6, 6.07) is 5.66. The highest BCUT2D eigenvalue weighted by Gasteiger charge is 2.31. The summed E-state index contributed by atoms with van der Waals surface area (Å²) in [5.41, 5.74) is 11.6. The van der Waals surface area contributed by atoms with Crippen LogP contribution in [0.4, 0.5) is 5.82 Å². The number of aromatic amines is 1. The standard InChI is InChI=1S/C14H16N8O4S2/c15-5-6-27(23,24)10-3-2-9(8-1-4-11(16)18-7-8)12(13(10)28(17,25)26)14-19-21-22-20-14/h1-4,7H,5-6,15H2,(H2,16,18)(H2,17,25,26)(H,19,20,21,22). The average Bonchev–Trinajstić information content (AvgIpc) is 3.15. The number of anilines is 1. The van der Waals surface area contributed by atoms with E-state index >= 15 is 0 Å². The molecule has 3 aromatic rings. The van der Waals surface area contributed by atoms with E-state index in [9.17, 15) is 16.8 Å². The lowest BCUT2D eigenvalue weighted by Gasteiger charge is -2.16. The summed E-state index contributed by atoms with van der Waals surface area (Å²) >= 11 is 0. The summed E-state index contributed by atoms with van der Waals surface area (Å²) in [6.07, 6.45) is 1.40. The molecule has 0 unspecified atom stereocenters. The molecule has 0 aliphatic heterocycles. The van der Waals surface area contributed by atoms with Gasteiger partial charge in [-0.25, -0.2) is 27.0 Å². The van der Waals surface area contributed by atoms with Crippen molar-refractivity contribution in [1.82, 2.24) is 25.6 Å². The molecule has 0 radical (unpaired) electrons. The fraction of sp³-hybridized carbons (Fsp3) is 0.143. The number of tetrazole rings is 1. The Kier molecular flexibility index (Phi) is 5.12. The molecule has 2 aromatic heterocycles. The molecule has 0 atom stereocenters. The Morgan fingerprint density at radius 2 is 1.82 bits per heavy atom. The maximum Gasteiger partial charge on any atom is 0.240 e. The van der Waals surface area contributed by atoms with Gasteiger partial charge in [-0.2, -0.15) is 5.21 Å². The van der Waals surface area contributed by atoms with Crippen molar-refractivity contribution >= 4 is 25.7 Å². The number of nitrogens with two attached hydrogens (primary N) is 3. The Hall–Kier alpha value is -2.94. The molecule has 2 heterocycles. The van der Waals surface area contributed by atoms with Gasteiger partial charge in [0.15, 0.2) is 9.84 Å². The predicted molar refractivity (Wildman–Crippen MR) is 99.7 cm³/mol. The lowest BCUT2D eigenvalue weighted by atomic mass is 10.0. The molecule has 0 spiro atoms. The number of aromatic nitrogens is 5. The number of sulfone groups is 1. The minimum atomic E-state index is -4.52. The first-order chi connectivity index (χ1) is 13.1. The van der Waals surface area contributed by atoms with Gasteiger partial charge in [0.25, 0.3) is 0 Å². The second kappa shape index (κ2) is 7.23. The molecule has 0 bridgehead atoms. The molecule has 28 heavy (non-hydrogen) atoms. The highest BCUT2D eigenvalue weighted by atomic mass is 32.2. The maximum atomic E-state index is 12.6. The number of hydrogen-bond acceptors (Lipinski definition) is 10. The van der Waals surface area contributed by atoms with Crippen LogP contribution in [-0.4, -0.2) is 54.7 Å². The Balaban J connectivity index is 2.46. The van der Waals surface area contributed by atoms with Crippen LogP contribution in [0, 0.1) is 0 Å². The van der Waals surface area contributed by atoms with Gasteiger partial charge in [-0.1, -0.05) is 6.07 Å². The lowest BCUT2D eigenvalue weighted by molar-refractivity contribution is 0.583. The lowest BCUT2D eigenvalue weighted by Crippen LogP contribution is -2.22. The number of nitrogens with zero attached hydrogens (tertiary/aromatic N) is 4. The predicted octanol–water partition coefficient (Wildman–Crippen LogP) is -1.11. The van der Waals surface area contributed by atoms with Crippen molar-refractivity contribution in [2.45, 2.75) is 9.79 Å². The highest BCUT2D eigenvalue weighted by Crippen LogP contribution is 2.38. The van der Waals surface area contributed by atoms with E-state index in [4.69, 9.17) is 16.6 Å². The van der Waals surface area contributed by atoms with E-state index in [1.165, 1.54) is 18.3 Å². The molecular weight excluding hydrogens is 408 g/mol. The molecule has 7 N–H and O–H groups in total. The van der Waals surface area contributed by atoms with E-state index in [2.05, 4.69) is 25.6 Å². The van der Waals surface area contributed by atoms with Crippen molar-refractivity contribution < 1.29 is 16.8 Å². The first kappa shape index (κ1) is 19.8. The van der Waals surface area contributed by atoms with Crippen molar-refractivity contribution in [3.05, 3.63) is 30.5 Å². The number of hydrogen-bond donors (Lipinski definition) is 4. The number of primary sulfonamides is 1. The van der Waals surface area contributed by atoms with E-state index in [0.29, 0.717) is 5.56 Å². The maximum absolute atomic E-state index is 12.6.